The van der Waals surface area contributed by atoms with E-state index in [4.69, 9.17) is 5.11 Å². The number of piperidine rings is 1. The third-order valence-electron chi connectivity index (χ3n) is 3.02. The second-order valence-corrected chi connectivity index (χ2v) is 5.39. The van der Waals surface area contributed by atoms with Crippen molar-refractivity contribution in [2.45, 2.75) is 52.5 Å². The average Bonchev–Trinajstić information content (AvgIpc) is 2.11. The van der Waals surface area contributed by atoms with Gasteiger partial charge in [0.05, 0.1) is 0 Å². The van der Waals surface area contributed by atoms with Crippen LogP contribution in [0, 0.1) is 5.41 Å². The highest BCUT2D eigenvalue weighted by Gasteiger charge is 2.39. The maximum Gasteiger partial charge on any atom is 0.229 e. The molecular weight excluding hydrogens is 206 g/mol. The first-order valence-corrected chi connectivity index (χ1v) is 5.83. The molecule has 4 heteroatoms. The first-order chi connectivity index (χ1) is 7.37. The smallest absolute Gasteiger partial charge is 0.229 e. The quantitative estimate of drug-likeness (QED) is 0.737. The maximum absolute atomic E-state index is 11.9. The van der Waals surface area contributed by atoms with Crippen LogP contribution in [0.3, 0.4) is 0 Å². The topological polar surface area (TPSA) is 57.6 Å². The highest BCUT2D eigenvalue weighted by molar-refractivity contribution is 5.98. The van der Waals surface area contributed by atoms with Gasteiger partial charge in [0.25, 0.3) is 0 Å². The van der Waals surface area contributed by atoms with Crippen molar-refractivity contribution in [1.29, 1.82) is 0 Å². The number of likely N-dealkylation sites (tertiary alicyclic amines) is 1. The number of hydrogen-bond acceptors (Lipinski definition) is 3. The van der Waals surface area contributed by atoms with Gasteiger partial charge in [-0.15, -0.1) is 0 Å². The molecule has 1 rings (SSSR count). The van der Waals surface area contributed by atoms with Crippen molar-refractivity contribution in [3.63, 3.8) is 0 Å². The molecule has 1 unspecified atom stereocenters. The summed E-state index contributed by atoms with van der Waals surface area (Å²) in [4.78, 5) is 25.1. The van der Waals surface area contributed by atoms with Crippen LogP contribution >= 0.6 is 0 Å². The van der Waals surface area contributed by atoms with Crippen molar-refractivity contribution in [3.05, 3.63) is 0 Å². The third kappa shape index (κ3) is 3.04. The molecule has 4 nitrogen and oxygen atoms in total. The lowest BCUT2D eigenvalue weighted by Gasteiger charge is -2.37. The predicted octanol–water partition coefficient (Wildman–Crippen LogP) is 1.32. The van der Waals surface area contributed by atoms with Crippen molar-refractivity contribution in [1.82, 2.24) is 4.90 Å². The fourth-order valence-electron chi connectivity index (χ4n) is 2.20. The van der Waals surface area contributed by atoms with E-state index < -0.39 is 0 Å². The summed E-state index contributed by atoms with van der Waals surface area (Å²) in [6, 6.07) is -0.0942. The molecule has 1 aliphatic heterocycles. The Balaban J connectivity index is 2.67. The zero-order chi connectivity index (χ0) is 12.3. The maximum atomic E-state index is 11.9. The van der Waals surface area contributed by atoms with Crippen LogP contribution in [0.2, 0.25) is 0 Å². The Labute approximate surface area is 96.6 Å². The Hall–Kier alpha value is -0.900. The van der Waals surface area contributed by atoms with Crippen LogP contribution in [0.1, 0.15) is 46.5 Å². The van der Waals surface area contributed by atoms with Gasteiger partial charge in [-0.3, -0.25) is 14.5 Å². The summed E-state index contributed by atoms with van der Waals surface area (Å²) >= 11 is 0. The number of rotatable bonds is 4. The van der Waals surface area contributed by atoms with Gasteiger partial charge < -0.3 is 5.11 Å². The molecule has 0 aromatic carbocycles. The molecular formula is C12H21NO3. The van der Waals surface area contributed by atoms with E-state index in [2.05, 4.69) is 0 Å². The Bertz CT molecular complexity index is 266. The van der Waals surface area contributed by atoms with Crippen LogP contribution in [0.15, 0.2) is 0 Å². The SMILES string of the molecule is CC(CCCO)N1C(=O)CC(C)(C)CC1=O. The molecule has 1 fully saturated rings. The van der Waals surface area contributed by atoms with Gasteiger partial charge in [0.15, 0.2) is 0 Å². The van der Waals surface area contributed by atoms with Crippen LogP contribution in [-0.4, -0.2) is 34.5 Å². The summed E-state index contributed by atoms with van der Waals surface area (Å²) in [6.45, 7) is 5.85. The minimum Gasteiger partial charge on any atom is -0.396 e. The number of aliphatic hydroxyl groups is 1. The summed E-state index contributed by atoms with van der Waals surface area (Å²) in [7, 11) is 0. The van der Waals surface area contributed by atoms with Gasteiger partial charge in [-0.05, 0) is 25.2 Å². The molecule has 16 heavy (non-hydrogen) atoms. The van der Waals surface area contributed by atoms with Crippen molar-refractivity contribution in [3.8, 4) is 0 Å². The Morgan fingerprint density at radius 3 is 2.25 bits per heavy atom. The molecule has 0 spiro atoms. The van der Waals surface area contributed by atoms with Crippen LogP contribution in [0.5, 0.6) is 0 Å². The van der Waals surface area contributed by atoms with E-state index in [0.29, 0.717) is 25.7 Å². The van der Waals surface area contributed by atoms with Gasteiger partial charge in [-0.25, -0.2) is 0 Å². The standard InChI is InChI=1S/C12H21NO3/c1-9(5-4-6-14)13-10(15)7-12(2,3)8-11(13)16/h9,14H,4-8H2,1-3H3. The number of nitrogens with zero attached hydrogens (tertiary/aromatic N) is 1. The molecule has 1 aliphatic rings. The summed E-state index contributed by atoms with van der Waals surface area (Å²) in [6.07, 6.45) is 2.17. The molecule has 1 atom stereocenters. The van der Waals surface area contributed by atoms with E-state index in [0.717, 1.165) is 0 Å². The van der Waals surface area contributed by atoms with E-state index in [1.807, 2.05) is 20.8 Å². The molecule has 1 heterocycles. The highest BCUT2D eigenvalue weighted by Crippen LogP contribution is 2.32. The first-order valence-electron chi connectivity index (χ1n) is 5.83. The number of hydrogen-bond donors (Lipinski definition) is 1. The molecule has 92 valence electrons. The number of imide groups is 1. The van der Waals surface area contributed by atoms with E-state index in [1.165, 1.54) is 4.90 Å². The fourth-order valence-corrected chi connectivity index (χ4v) is 2.20. The normalized spacial score (nSPS) is 22.4. The van der Waals surface area contributed by atoms with E-state index >= 15 is 0 Å². The monoisotopic (exact) mass is 227 g/mol. The lowest BCUT2D eigenvalue weighted by molar-refractivity contribution is -0.155. The molecule has 1 N–H and O–H groups in total. The molecule has 1 saturated heterocycles. The van der Waals surface area contributed by atoms with Crippen molar-refractivity contribution >= 4 is 11.8 Å². The molecule has 2 amide bonds. The minimum absolute atomic E-state index is 0.0771. The van der Waals surface area contributed by atoms with Crippen LogP contribution < -0.4 is 0 Å². The summed E-state index contributed by atoms with van der Waals surface area (Å²) < 4.78 is 0. The molecule has 0 aromatic rings. The lowest BCUT2D eigenvalue weighted by atomic mass is 9.81. The number of carbonyl (C=O) groups is 2. The fraction of sp³-hybridized carbons (Fsp3) is 0.833. The van der Waals surface area contributed by atoms with Gasteiger partial charge in [0, 0.05) is 25.5 Å². The zero-order valence-electron chi connectivity index (χ0n) is 10.3. The second kappa shape index (κ2) is 4.95. The van der Waals surface area contributed by atoms with Gasteiger partial charge in [-0.1, -0.05) is 13.8 Å². The van der Waals surface area contributed by atoms with Crippen LogP contribution in [0.25, 0.3) is 0 Å². The van der Waals surface area contributed by atoms with Crippen molar-refractivity contribution in [2.24, 2.45) is 5.41 Å². The van der Waals surface area contributed by atoms with Crippen molar-refractivity contribution < 1.29 is 14.7 Å². The van der Waals surface area contributed by atoms with Gasteiger partial charge in [0.2, 0.25) is 11.8 Å². The first kappa shape index (κ1) is 13.2. The second-order valence-electron chi connectivity index (χ2n) is 5.39. The molecule has 0 radical (unpaired) electrons. The predicted molar refractivity (Wildman–Crippen MR) is 60.6 cm³/mol. The van der Waals surface area contributed by atoms with Gasteiger partial charge >= 0.3 is 0 Å². The highest BCUT2D eigenvalue weighted by atomic mass is 16.3. The Kier molecular flexibility index (Phi) is 4.08. The molecule has 0 aromatic heterocycles. The van der Waals surface area contributed by atoms with E-state index in [1.54, 1.807) is 0 Å². The van der Waals surface area contributed by atoms with Crippen LogP contribution in [0.4, 0.5) is 0 Å². The Morgan fingerprint density at radius 2 is 1.81 bits per heavy atom. The zero-order valence-corrected chi connectivity index (χ0v) is 10.3. The number of amides is 2. The average molecular weight is 227 g/mol. The molecule has 0 bridgehead atoms. The molecule has 0 aliphatic carbocycles. The molecule has 0 saturated carbocycles. The summed E-state index contributed by atoms with van der Waals surface area (Å²) in [5.41, 5.74) is -0.207. The Morgan fingerprint density at radius 1 is 1.31 bits per heavy atom. The van der Waals surface area contributed by atoms with E-state index in [9.17, 15) is 9.59 Å². The summed E-state index contributed by atoms with van der Waals surface area (Å²) in [5.74, 6) is -0.154. The summed E-state index contributed by atoms with van der Waals surface area (Å²) in [5, 5.41) is 8.74. The number of aliphatic hydroxyl groups excluding tert-OH is 1. The van der Waals surface area contributed by atoms with Gasteiger partial charge in [0.1, 0.15) is 0 Å². The largest absolute Gasteiger partial charge is 0.396 e. The lowest BCUT2D eigenvalue weighted by Crippen LogP contribution is -2.50. The van der Waals surface area contributed by atoms with Crippen molar-refractivity contribution in [2.75, 3.05) is 6.61 Å². The minimum atomic E-state index is -0.207. The third-order valence-corrected chi connectivity index (χ3v) is 3.02. The van der Waals surface area contributed by atoms with Crippen LogP contribution in [-0.2, 0) is 9.59 Å². The number of carbonyl (C=O) groups excluding carboxylic acids is 2. The van der Waals surface area contributed by atoms with E-state index in [-0.39, 0.29) is 29.9 Å². The van der Waals surface area contributed by atoms with Gasteiger partial charge in [-0.2, -0.15) is 0 Å².